The smallest absolute Gasteiger partial charge is 0.245 e. The molecule has 1 unspecified atom stereocenters. The summed E-state index contributed by atoms with van der Waals surface area (Å²) in [6.07, 6.45) is 3.58. The predicted octanol–water partition coefficient (Wildman–Crippen LogP) is 1.55. The van der Waals surface area contributed by atoms with Crippen molar-refractivity contribution in [1.29, 1.82) is 0 Å². The molecule has 4 nitrogen and oxygen atoms in total. The van der Waals surface area contributed by atoms with Gasteiger partial charge >= 0.3 is 0 Å². The lowest BCUT2D eigenvalue weighted by Gasteiger charge is -2.27. The highest BCUT2D eigenvalue weighted by molar-refractivity contribution is 5.90. The van der Waals surface area contributed by atoms with E-state index in [9.17, 15) is 9.59 Å². The number of nitrogens with one attached hydrogen (secondary N) is 1. The van der Waals surface area contributed by atoms with Crippen LogP contribution in [0.3, 0.4) is 0 Å². The van der Waals surface area contributed by atoms with Gasteiger partial charge in [-0.1, -0.05) is 20.8 Å². The van der Waals surface area contributed by atoms with Gasteiger partial charge in [-0.05, 0) is 30.6 Å². The third-order valence-corrected chi connectivity index (χ3v) is 3.94. The molecule has 0 aromatic heterocycles. The second-order valence-electron chi connectivity index (χ2n) is 6.57. The van der Waals surface area contributed by atoms with E-state index in [0.29, 0.717) is 24.3 Å². The zero-order valence-corrected chi connectivity index (χ0v) is 11.7. The first kappa shape index (κ1) is 13.4. The van der Waals surface area contributed by atoms with Gasteiger partial charge in [0.05, 0.1) is 0 Å². The molecule has 1 aliphatic heterocycles. The summed E-state index contributed by atoms with van der Waals surface area (Å²) in [5, 5.41) is 2.87. The van der Waals surface area contributed by atoms with Crippen LogP contribution in [0, 0.1) is 11.3 Å². The van der Waals surface area contributed by atoms with Crippen LogP contribution in [-0.4, -0.2) is 35.8 Å². The van der Waals surface area contributed by atoms with Crippen LogP contribution in [0.25, 0.3) is 0 Å². The highest BCUT2D eigenvalue weighted by Crippen LogP contribution is 2.45. The van der Waals surface area contributed by atoms with E-state index in [1.807, 2.05) is 4.90 Å². The van der Waals surface area contributed by atoms with Crippen LogP contribution in [0.1, 0.15) is 46.5 Å². The summed E-state index contributed by atoms with van der Waals surface area (Å²) in [6.45, 7) is 7.77. The third kappa shape index (κ3) is 3.24. The van der Waals surface area contributed by atoms with Gasteiger partial charge in [0.15, 0.2) is 0 Å². The Morgan fingerprint density at radius 1 is 1.39 bits per heavy atom. The van der Waals surface area contributed by atoms with Crippen LogP contribution in [-0.2, 0) is 9.59 Å². The number of carbonyl (C=O) groups is 2. The van der Waals surface area contributed by atoms with Crippen molar-refractivity contribution >= 4 is 11.8 Å². The molecular formula is C14H24N2O2. The Bertz CT molecular complexity index is 348. The van der Waals surface area contributed by atoms with Crippen molar-refractivity contribution in [3.05, 3.63) is 0 Å². The Labute approximate surface area is 109 Å². The van der Waals surface area contributed by atoms with E-state index in [-0.39, 0.29) is 17.9 Å². The largest absolute Gasteiger partial charge is 0.344 e. The molecule has 1 atom stereocenters. The van der Waals surface area contributed by atoms with E-state index >= 15 is 0 Å². The molecule has 1 N–H and O–H groups in total. The number of hydrogen-bond acceptors (Lipinski definition) is 2. The molecule has 0 radical (unpaired) electrons. The van der Waals surface area contributed by atoms with Gasteiger partial charge in [0.2, 0.25) is 11.8 Å². The molecule has 2 amide bonds. The van der Waals surface area contributed by atoms with Crippen molar-refractivity contribution in [2.45, 2.75) is 52.5 Å². The number of amides is 2. The molecule has 0 aromatic carbocycles. The minimum absolute atomic E-state index is 0.0115. The lowest BCUT2D eigenvalue weighted by molar-refractivity contribution is -0.134. The van der Waals surface area contributed by atoms with E-state index in [1.54, 1.807) is 0 Å². The summed E-state index contributed by atoms with van der Waals surface area (Å²) in [5.74, 6) is 0.538. The van der Waals surface area contributed by atoms with Gasteiger partial charge in [0.25, 0.3) is 0 Å². The van der Waals surface area contributed by atoms with Crippen molar-refractivity contribution in [2.75, 3.05) is 13.1 Å². The lowest BCUT2D eigenvalue weighted by Crippen LogP contribution is -2.46. The summed E-state index contributed by atoms with van der Waals surface area (Å²) < 4.78 is 0. The summed E-state index contributed by atoms with van der Waals surface area (Å²) in [6, 6.07) is -0.317. The first-order valence-corrected chi connectivity index (χ1v) is 6.98. The summed E-state index contributed by atoms with van der Waals surface area (Å²) in [4.78, 5) is 26.0. The minimum Gasteiger partial charge on any atom is -0.344 e. The molecule has 2 rings (SSSR count). The van der Waals surface area contributed by atoms with Crippen molar-refractivity contribution in [3.8, 4) is 0 Å². The highest BCUT2D eigenvalue weighted by atomic mass is 16.2. The second kappa shape index (κ2) is 4.90. The van der Waals surface area contributed by atoms with E-state index < -0.39 is 0 Å². The monoisotopic (exact) mass is 252 g/mol. The highest BCUT2D eigenvalue weighted by Gasteiger charge is 2.41. The quantitative estimate of drug-likeness (QED) is 0.825. The molecule has 0 aromatic rings. The molecule has 1 saturated heterocycles. The zero-order valence-electron chi connectivity index (χ0n) is 11.7. The van der Waals surface area contributed by atoms with Gasteiger partial charge in [-0.3, -0.25) is 9.59 Å². The van der Waals surface area contributed by atoms with Crippen LogP contribution in [0.15, 0.2) is 0 Å². The fraction of sp³-hybridized carbons (Fsp3) is 0.857. The Hall–Kier alpha value is -1.06. The van der Waals surface area contributed by atoms with Gasteiger partial charge in [0, 0.05) is 19.5 Å². The van der Waals surface area contributed by atoms with Crippen LogP contribution in [0.2, 0.25) is 0 Å². The normalized spacial score (nSPS) is 27.1. The Balaban J connectivity index is 2.04. The van der Waals surface area contributed by atoms with E-state index in [2.05, 4.69) is 26.1 Å². The number of nitrogens with zero attached hydrogens (tertiary/aromatic N) is 1. The Morgan fingerprint density at radius 3 is 2.61 bits per heavy atom. The molecular weight excluding hydrogens is 228 g/mol. The predicted molar refractivity (Wildman–Crippen MR) is 69.9 cm³/mol. The molecule has 1 heterocycles. The maximum Gasteiger partial charge on any atom is 0.245 e. The molecule has 2 aliphatic rings. The van der Waals surface area contributed by atoms with Crippen LogP contribution in [0.4, 0.5) is 0 Å². The van der Waals surface area contributed by atoms with Gasteiger partial charge < -0.3 is 10.2 Å². The molecule has 102 valence electrons. The lowest BCUT2D eigenvalue weighted by atomic mass is 10.0. The molecule has 4 heteroatoms. The molecule has 1 saturated carbocycles. The maximum absolute atomic E-state index is 12.4. The van der Waals surface area contributed by atoms with Crippen LogP contribution >= 0.6 is 0 Å². The van der Waals surface area contributed by atoms with Crippen molar-refractivity contribution in [1.82, 2.24) is 10.2 Å². The fourth-order valence-electron chi connectivity index (χ4n) is 2.52. The van der Waals surface area contributed by atoms with Crippen molar-refractivity contribution < 1.29 is 9.59 Å². The fourth-order valence-corrected chi connectivity index (χ4v) is 2.52. The summed E-state index contributed by atoms with van der Waals surface area (Å²) in [7, 11) is 0. The second-order valence-corrected chi connectivity index (χ2v) is 6.57. The average Bonchev–Trinajstić information content (AvgIpc) is 3.00. The molecule has 2 fully saturated rings. The minimum atomic E-state index is -0.317. The van der Waals surface area contributed by atoms with E-state index in [4.69, 9.17) is 0 Å². The number of carbonyl (C=O) groups excluding carboxylic acids is 2. The topological polar surface area (TPSA) is 49.4 Å². The first-order chi connectivity index (χ1) is 8.39. The third-order valence-electron chi connectivity index (χ3n) is 3.94. The molecule has 0 spiro atoms. The van der Waals surface area contributed by atoms with Gasteiger partial charge in [-0.25, -0.2) is 0 Å². The first-order valence-electron chi connectivity index (χ1n) is 6.98. The van der Waals surface area contributed by atoms with Crippen LogP contribution in [0.5, 0.6) is 0 Å². The van der Waals surface area contributed by atoms with E-state index in [1.165, 1.54) is 12.8 Å². The Morgan fingerprint density at radius 2 is 2.06 bits per heavy atom. The molecule has 1 aliphatic carbocycles. The summed E-state index contributed by atoms with van der Waals surface area (Å²) >= 11 is 0. The number of rotatable bonds is 4. The SMILES string of the molecule is CC(C)CC1NC(=O)CCN(CC2(C)CC2)C1=O. The van der Waals surface area contributed by atoms with E-state index in [0.717, 1.165) is 13.0 Å². The van der Waals surface area contributed by atoms with Gasteiger partial charge in [0.1, 0.15) is 6.04 Å². The van der Waals surface area contributed by atoms with Gasteiger partial charge in [-0.2, -0.15) is 0 Å². The van der Waals surface area contributed by atoms with Crippen LogP contribution < -0.4 is 5.32 Å². The van der Waals surface area contributed by atoms with Gasteiger partial charge in [-0.15, -0.1) is 0 Å². The Kier molecular flexibility index (Phi) is 3.64. The molecule has 0 bridgehead atoms. The average molecular weight is 252 g/mol. The molecule has 18 heavy (non-hydrogen) atoms. The summed E-state index contributed by atoms with van der Waals surface area (Å²) in [5.41, 5.74) is 0.311. The van der Waals surface area contributed by atoms with Crippen molar-refractivity contribution in [3.63, 3.8) is 0 Å². The zero-order chi connectivity index (χ0) is 13.3. The number of hydrogen-bond donors (Lipinski definition) is 1. The van der Waals surface area contributed by atoms with Crippen molar-refractivity contribution in [2.24, 2.45) is 11.3 Å². The standard InChI is InChI=1S/C14H24N2O2/c1-10(2)8-11-13(18)16(7-4-12(17)15-11)9-14(3)5-6-14/h10-11H,4-9H2,1-3H3,(H,15,17). The maximum atomic E-state index is 12.4.